The molecule has 0 unspecified atom stereocenters. The summed E-state index contributed by atoms with van der Waals surface area (Å²) in [5.41, 5.74) is 14.3. The summed E-state index contributed by atoms with van der Waals surface area (Å²) in [6.45, 7) is 3.22. The van der Waals surface area contributed by atoms with Crippen LogP contribution >= 0.6 is 0 Å². The molecule has 0 aliphatic rings. The normalized spacial score (nSPS) is 9.80. The Morgan fingerprint density at radius 3 is 1.17 bits per heavy atom. The summed E-state index contributed by atoms with van der Waals surface area (Å²) in [7, 11) is 0. The van der Waals surface area contributed by atoms with Crippen molar-refractivity contribution in [3.8, 4) is 34.5 Å². The molecule has 60 heavy (non-hydrogen) atoms. The SMILES string of the molecule is CC(=O)Oc1cccc(CO)c1.CC(=O)Oc1cccc(COc2cccc(C(N)=O)c2)c1.NC(=O)c1cccc(OCc2cccc(O)c2)c1.OCc1cccc(O)c1. The third-order valence-corrected chi connectivity index (χ3v) is 7.55. The van der Waals surface area contributed by atoms with E-state index in [1.807, 2.05) is 12.1 Å². The minimum Gasteiger partial charge on any atom is -0.508 e. The summed E-state index contributed by atoms with van der Waals surface area (Å²) in [5.74, 6) is 0.716. The first-order chi connectivity index (χ1) is 28.7. The first-order valence-electron chi connectivity index (χ1n) is 18.1. The molecule has 0 radical (unpaired) electrons. The summed E-state index contributed by atoms with van der Waals surface area (Å²) in [4.78, 5) is 43.5. The van der Waals surface area contributed by atoms with Gasteiger partial charge in [-0.05, 0) is 107 Å². The van der Waals surface area contributed by atoms with Crippen molar-refractivity contribution < 1.29 is 58.6 Å². The van der Waals surface area contributed by atoms with Crippen LogP contribution in [0, 0.1) is 0 Å². The van der Waals surface area contributed by atoms with Crippen molar-refractivity contribution in [2.75, 3.05) is 0 Å². The number of rotatable bonds is 12. The van der Waals surface area contributed by atoms with Crippen LogP contribution in [-0.2, 0) is 36.0 Å². The van der Waals surface area contributed by atoms with Crippen LogP contribution in [0.15, 0.2) is 146 Å². The Bertz CT molecular complexity index is 2330. The van der Waals surface area contributed by atoms with Crippen molar-refractivity contribution in [2.45, 2.75) is 40.3 Å². The van der Waals surface area contributed by atoms with Gasteiger partial charge in [-0.15, -0.1) is 0 Å². The van der Waals surface area contributed by atoms with Crippen LogP contribution in [0.1, 0.15) is 56.8 Å². The third kappa shape index (κ3) is 18.1. The molecule has 6 aromatic rings. The number of carbonyl (C=O) groups excluding carboxylic acids is 4. The third-order valence-electron chi connectivity index (χ3n) is 7.55. The number of carbonyl (C=O) groups is 4. The van der Waals surface area contributed by atoms with E-state index < -0.39 is 11.8 Å². The average molecular weight is 819 g/mol. The molecule has 0 aromatic heterocycles. The van der Waals surface area contributed by atoms with Gasteiger partial charge in [-0.1, -0.05) is 60.7 Å². The molecule has 6 rings (SSSR count). The zero-order chi connectivity index (χ0) is 43.9. The highest BCUT2D eigenvalue weighted by atomic mass is 16.5. The Hall–Kier alpha value is -7.68. The van der Waals surface area contributed by atoms with Gasteiger partial charge < -0.3 is 50.8 Å². The van der Waals surface area contributed by atoms with Gasteiger partial charge in [0.1, 0.15) is 47.7 Å². The molecule has 0 heterocycles. The van der Waals surface area contributed by atoms with Gasteiger partial charge in [-0.25, -0.2) is 0 Å². The Balaban J connectivity index is 0.000000224. The van der Waals surface area contributed by atoms with Crippen LogP contribution in [0.3, 0.4) is 0 Å². The zero-order valence-corrected chi connectivity index (χ0v) is 32.9. The molecular formula is C46H46N2O12. The van der Waals surface area contributed by atoms with Gasteiger partial charge in [0, 0.05) is 25.0 Å². The number of aliphatic hydroxyl groups is 2. The number of esters is 2. The standard InChI is InChI=1S/C16H15NO4.C14H13NO3.C9H10O3.C7H8O2/c1-11(18)21-15-7-2-4-12(8-15)10-20-14-6-3-5-13(9-14)16(17)19;15-14(17)11-4-2-6-13(8-11)18-9-10-3-1-5-12(16)7-10;1-7(11)12-9-4-2-3-8(5-9)6-10;8-5-6-2-1-3-7(9)4-6/h2-9H,10H2,1H3,(H2,17,19);1-8,16H,9H2,(H2,15,17);2-5,10H,6H2,1H3;1-4,8-9H,5H2. The summed E-state index contributed by atoms with van der Waals surface area (Å²) in [6, 6.07) is 40.5. The first-order valence-corrected chi connectivity index (χ1v) is 18.1. The average Bonchev–Trinajstić information content (AvgIpc) is 3.23. The lowest BCUT2D eigenvalue weighted by atomic mass is 10.2. The molecule has 0 atom stereocenters. The number of phenols is 2. The molecule has 8 N–H and O–H groups in total. The number of primary amides is 2. The molecule has 312 valence electrons. The predicted octanol–water partition coefficient (Wildman–Crippen LogP) is 6.35. The lowest BCUT2D eigenvalue weighted by Gasteiger charge is -2.08. The molecule has 0 saturated carbocycles. The lowest BCUT2D eigenvalue weighted by molar-refractivity contribution is -0.132. The van der Waals surface area contributed by atoms with Gasteiger partial charge in [-0.3, -0.25) is 19.2 Å². The molecule has 14 nitrogen and oxygen atoms in total. The monoisotopic (exact) mass is 818 g/mol. The maximum absolute atomic E-state index is 11.1. The number of hydrogen-bond acceptors (Lipinski definition) is 12. The predicted molar refractivity (Wildman–Crippen MR) is 222 cm³/mol. The van der Waals surface area contributed by atoms with Crippen LogP contribution < -0.4 is 30.4 Å². The smallest absolute Gasteiger partial charge is 0.308 e. The van der Waals surface area contributed by atoms with Crippen LogP contribution in [0.4, 0.5) is 0 Å². The fourth-order valence-electron chi connectivity index (χ4n) is 4.85. The second-order valence-electron chi connectivity index (χ2n) is 12.5. The number of benzene rings is 6. The second kappa shape index (κ2) is 24.8. The van der Waals surface area contributed by atoms with Crippen LogP contribution in [0.2, 0.25) is 0 Å². The van der Waals surface area contributed by atoms with Gasteiger partial charge in [0.25, 0.3) is 0 Å². The van der Waals surface area contributed by atoms with E-state index >= 15 is 0 Å². The van der Waals surface area contributed by atoms with Gasteiger partial charge in [0.05, 0.1) is 13.2 Å². The Morgan fingerprint density at radius 1 is 0.450 bits per heavy atom. The van der Waals surface area contributed by atoms with Crippen molar-refractivity contribution >= 4 is 23.8 Å². The van der Waals surface area contributed by atoms with Crippen LogP contribution in [0.5, 0.6) is 34.5 Å². The van der Waals surface area contributed by atoms with Gasteiger partial charge in [-0.2, -0.15) is 0 Å². The Kier molecular flexibility index (Phi) is 19.3. The molecule has 6 aromatic carbocycles. The number of hydrogen-bond donors (Lipinski definition) is 6. The topological polar surface area (TPSA) is 238 Å². The van der Waals surface area contributed by atoms with Crippen LogP contribution in [-0.4, -0.2) is 44.2 Å². The lowest BCUT2D eigenvalue weighted by Crippen LogP contribution is -2.10. The fourth-order valence-corrected chi connectivity index (χ4v) is 4.85. The van der Waals surface area contributed by atoms with Crippen molar-refractivity contribution in [3.05, 3.63) is 179 Å². The number of phenolic OH excluding ortho intramolecular Hbond substituents is 2. The number of aromatic hydroxyl groups is 2. The summed E-state index contributed by atoms with van der Waals surface area (Å²) >= 11 is 0. The summed E-state index contributed by atoms with van der Waals surface area (Å²) < 4.78 is 20.9. The largest absolute Gasteiger partial charge is 0.508 e. The van der Waals surface area contributed by atoms with Crippen molar-refractivity contribution in [1.82, 2.24) is 0 Å². The van der Waals surface area contributed by atoms with Gasteiger partial charge in [0.15, 0.2) is 0 Å². The maximum Gasteiger partial charge on any atom is 0.308 e. The van der Waals surface area contributed by atoms with Crippen LogP contribution in [0.25, 0.3) is 0 Å². The molecule has 0 saturated heterocycles. The van der Waals surface area contributed by atoms with E-state index in [-0.39, 0.29) is 43.3 Å². The van der Waals surface area contributed by atoms with E-state index in [2.05, 4.69) is 0 Å². The van der Waals surface area contributed by atoms with E-state index in [4.69, 9.17) is 45.7 Å². The molecule has 0 aliphatic heterocycles. The highest BCUT2D eigenvalue weighted by Crippen LogP contribution is 2.19. The second-order valence-corrected chi connectivity index (χ2v) is 12.5. The fraction of sp³-hybridized carbons (Fsp3) is 0.130. The molecule has 2 amide bonds. The van der Waals surface area contributed by atoms with E-state index in [1.165, 1.54) is 19.9 Å². The maximum atomic E-state index is 11.1. The number of amides is 2. The summed E-state index contributed by atoms with van der Waals surface area (Å²) in [5, 5.41) is 35.5. The van der Waals surface area contributed by atoms with E-state index in [1.54, 1.807) is 127 Å². The number of ether oxygens (including phenoxy) is 4. The van der Waals surface area contributed by atoms with E-state index in [9.17, 15) is 24.3 Å². The van der Waals surface area contributed by atoms with Gasteiger partial charge >= 0.3 is 11.9 Å². The highest BCUT2D eigenvalue weighted by molar-refractivity contribution is 5.93. The quantitative estimate of drug-likeness (QED) is 0.0585. The molecule has 0 bridgehead atoms. The Morgan fingerprint density at radius 2 is 0.783 bits per heavy atom. The minimum absolute atomic E-state index is 0.0194. The van der Waals surface area contributed by atoms with E-state index in [0.717, 1.165) is 22.3 Å². The summed E-state index contributed by atoms with van der Waals surface area (Å²) in [6.07, 6.45) is 0. The Labute approximate surface area is 346 Å². The minimum atomic E-state index is -0.502. The highest BCUT2D eigenvalue weighted by Gasteiger charge is 2.05. The number of aliphatic hydroxyl groups excluding tert-OH is 2. The molecule has 0 spiro atoms. The number of nitrogens with two attached hydrogens (primary N) is 2. The molecule has 14 heteroatoms. The van der Waals surface area contributed by atoms with Crippen molar-refractivity contribution in [3.63, 3.8) is 0 Å². The van der Waals surface area contributed by atoms with Crippen molar-refractivity contribution in [2.24, 2.45) is 11.5 Å². The van der Waals surface area contributed by atoms with Crippen molar-refractivity contribution in [1.29, 1.82) is 0 Å². The zero-order valence-electron chi connectivity index (χ0n) is 32.9. The van der Waals surface area contributed by atoms with Gasteiger partial charge in [0.2, 0.25) is 11.8 Å². The first kappa shape index (κ1) is 46.7. The molecule has 0 aliphatic carbocycles. The molecule has 0 fully saturated rings. The molecular weight excluding hydrogens is 773 g/mol. The van der Waals surface area contributed by atoms with E-state index in [0.29, 0.717) is 40.7 Å².